The minimum Gasteiger partial charge on any atom is -0.484 e. The molecule has 2 fully saturated rings. The van der Waals surface area contributed by atoms with Gasteiger partial charge in [-0.1, -0.05) is 18.2 Å². The van der Waals surface area contributed by atoms with Crippen molar-refractivity contribution in [2.24, 2.45) is 5.92 Å². The van der Waals surface area contributed by atoms with Crippen molar-refractivity contribution in [1.82, 2.24) is 4.90 Å². The number of nitrogens with zero attached hydrogens (tertiary/aromatic N) is 2. The maximum atomic E-state index is 14.0. The van der Waals surface area contributed by atoms with Gasteiger partial charge < -0.3 is 19.9 Å². The number of benzene rings is 2. The first-order valence-corrected chi connectivity index (χ1v) is 10.4. The van der Waals surface area contributed by atoms with Crippen LogP contribution in [0.2, 0.25) is 0 Å². The van der Waals surface area contributed by atoms with Gasteiger partial charge in [0.1, 0.15) is 11.6 Å². The lowest BCUT2D eigenvalue weighted by atomic mass is 10.1. The molecule has 162 valence electrons. The normalized spacial score (nSPS) is 18.4. The van der Waals surface area contributed by atoms with Crippen LogP contribution in [0.4, 0.5) is 15.8 Å². The lowest BCUT2D eigenvalue weighted by molar-refractivity contribution is -0.132. The van der Waals surface area contributed by atoms with Crippen LogP contribution in [0.5, 0.6) is 5.75 Å². The smallest absolute Gasteiger partial charge is 0.260 e. The summed E-state index contributed by atoms with van der Waals surface area (Å²) in [6, 6.07) is 12.8. The number of amides is 3. The van der Waals surface area contributed by atoms with Gasteiger partial charge in [-0.2, -0.15) is 0 Å². The van der Waals surface area contributed by atoms with Gasteiger partial charge in [-0.25, -0.2) is 4.39 Å². The van der Waals surface area contributed by atoms with Crippen LogP contribution in [0.15, 0.2) is 48.5 Å². The van der Waals surface area contributed by atoms with E-state index in [-0.39, 0.29) is 43.0 Å². The van der Waals surface area contributed by atoms with Crippen LogP contribution >= 0.6 is 0 Å². The molecule has 31 heavy (non-hydrogen) atoms. The highest BCUT2D eigenvalue weighted by atomic mass is 19.1. The number of carbonyl (C=O) groups is 3. The number of nitrogens with one attached hydrogen (secondary N) is 1. The minimum atomic E-state index is -0.589. The second-order valence-electron chi connectivity index (χ2n) is 7.75. The van der Waals surface area contributed by atoms with Crippen LogP contribution in [0, 0.1) is 11.7 Å². The lowest BCUT2D eigenvalue weighted by Gasteiger charge is -2.17. The van der Waals surface area contributed by atoms with Gasteiger partial charge in [0.2, 0.25) is 11.8 Å². The average Bonchev–Trinajstić information content (AvgIpc) is 3.43. The third kappa shape index (κ3) is 4.84. The van der Waals surface area contributed by atoms with Crippen molar-refractivity contribution in [3.05, 3.63) is 54.3 Å². The molecule has 1 N–H and O–H groups in total. The maximum absolute atomic E-state index is 14.0. The number of rotatable bonds is 6. The van der Waals surface area contributed by atoms with E-state index in [1.54, 1.807) is 41.3 Å². The number of anilines is 2. The van der Waals surface area contributed by atoms with Crippen LogP contribution in [-0.4, -0.2) is 48.9 Å². The Bertz CT molecular complexity index is 990. The van der Waals surface area contributed by atoms with Gasteiger partial charge in [-0.15, -0.1) is 0 Å². The predicted octanol–water partition coefficient (Wildman–Crippen LogP) is 2.82. The fourth-order valence-electron chi connectivity index (χ4n) is 3.90. The second kappa shape index (κ2) is 9.16. The highest BCUT2D eigenvalue weighted by molar-refractivity contribution is 6.03. The quantitative estimate of drug-likeness (QED) is 0.772. The molecule has 2 aromatic rings. The summed E-state index contributed by atoms with van der Waals surface area (Å²) < 4.78 is 19.6. The first-order valence-electron chi connectivity index (χ1n) is 10.4. The van der Waals surface area contributed by atoms with Gasteiger partial charge in [-0.05, 0) is 37.1 Å². The number of ether oxygens (including phenoxy) is 1. The van der Waals surface area contributed by atoms with E-state index in [0.29, 0.717) is 11.4 Å². The Kier molecular flexibility index (Phi) is 6.16. The molecule has 0 radical (unpaired) electrons. The molecule has 0 saturated carbocycles. The van der Waals surface area contributed by atoms with Crippen molar-refractivity contribution in [3.8, 4) is 5.75 Å². The molecule has 4 rings (SSSR count). The van der Waals surface area contributed by atoms with E-state index in [1.807, 2.05) is 0 Å². The van der Waals surface area contributed by atoms with Crippen LogP contribution in [0.25, 0.3) is 0 Å². The van der Waals surface area contributed by atoms with Crippen molar-refractivity contribution in [2.75, 3.05) is 36.5 Å². The molecule has 1 atom stereocenters. The molecule has 2 aromatic carbocycles. The summed E-state index contributed by atoms with van der Waals surface area (Å²) in [6.07, 6.45) is 2.05. The number of halogens is 1. The molecule has 0 aromatic heterocycles. The summed E-state index contributed by atoms with van der Waals surface area (Å²) in [5, 5.41) is 2.79. The van der Waals surface area contributed by atoms with E-state index in [9.17, 15) is 18.8 Å². The second-order valence-corrected chi connectivity index (χ2v) is 7.75. The van der Waals surface area contributed by atoms with Crippen LogP contribution < -0.4 is 15.0 Å². The Morgan fingerprint density at radius 3 is 2.65 bits per heavy atom. The summed E-state index contributed by atoms with van der Waals surface area (Å²) in [6.45, 7) is 1.60. The molecule has 0 aliphatic carbocycles. The molecule has 7 nitrogen and oxygen atoms in total. The van der Waals surface area contributed by atoms with Crippen molar-refractivity contribution in [2.45, 2.75) is 19.3 Å². The molecule has 0 spiro atoms. The summed E-state index contributed by atoms with van der Waals surface area (Å²) in [4.78, 5) is 40.2. The average molecular weight is 425 g/mol. The first-order chi connectivity index (χ1) is 15.0. The van der Waals surface area contributed by atoms with Gasteiger partial charge in [0.05, 0.1) is 11.6 Å². The molecule has 1 unspecified atom stereocenters. The SMILES string of the molecule is O=C(Nc1cccc(OCC(=O)N2CCCC2)c1)C1CC(=O)N(c2ccccc2F)C1. The van der Waals surface area contributed by atoms with E-state index in [1.165, 1.54) is 17.0 Å². The van der Waals surface area contributed by atoms with Crippen molar-refractivity contribution in [3.63, 3.8) is 0 Å². The Morgan fingerprint density at radius 2 is 1.87 bits per heavy atom. The zero-order valence-electron chi connectivity index (χ0n) is 17.1. The zero-order valence-corrected chi connectivity index (χ0v) is 17.1. The van der Waals surface area contributed by atoms with Crippen LogP contribution in [0.1, 0.15) is 19.3 Å². The number of carbonyl (C=O) groups excluding carboxylic acids is 3. The van der Waals surface area contributed by atoms with E-state index < -0.39 is 11.7 Å². The summed E-state index contributed by atoms with van der Waals surface area (Å²) in [5.41, 5.74) is 0.689. The van der Waals surface area contributed by atoms with Crippen molar-refractivity contribution < 1.29 is 23.5 Å². The number of likely N-dealkylation sites (tertiary alicyclic amines) is 1. The molecule has 0 bridgehead atoms. The Balaban J connectivity index is 1.34. The minimum absolute atomic E-state index is 0.0146. The molecule has 2 saturated heterocycles. The number of hydrogen-bond acceptors (Lipinski definition) is 4. The highest BCUT2D eigenvalue weighted by Crippen LogP contribution is 2.28. The molecule has 2 heterocycles. The van der Waals surface area contributed by atoms with Gasteiger partial charge in [0, 0.05) is 37.8 Å². The van der Waals surface area contributed by atoms with Gasteiger partial charge in [0.25, 0.3) is 5.91 Å². The zero-order chi connectivity index (χ0) is 21.8. The maximum Gasteiger partial charge on any atom is 0.260 e. The third-order valence-electron chi connectivity index (χ3n) is 5.56. The molecular weight excluding hydrogens is 401 g/mol. The molecule has 3 amide bonds. The van der Waals surface area contributed by atoms with Crippen molar-refractivity contribution in [1.29, 1.82) is 0 Å². The van der Waals surface area contributed by atoms with E-state index >= 15 is 0 Å². The van der Waals surface area contributed by atoms with Crippen LogP contribution in [0.3, 0.4) is 0 Å². The first kappa shape index (κ1) is 20.8. The number of hydrogen-bond donors (Lipinski definition) is 1. The standard InChI is InChI=1S/C23H24FN3O4/c24-19-8-1-2-9-20(19)27-14-16(12-21(27)28)23(30)25-17-6-5-7-18(13-17)31-15-22(29)26-10-3-4-11-26/h1-2,5-9,13,16H,3-4,10-12,14-15H2,(H,25,30). The molecular formula is C23H24FN3O4. The summed E-state index contributed by atoms with van der Waals surface area (Å²) >= 11 is 0. The van der Waals surface area contributed by atoms with Crippen LogP contribution in [-0.2, 0) is 14.4 Å². The summed E-state index contributed by atoms with van der Waals surface area (Å²) in [7, 11) is 0. The number of para-hydroxylation sites is 1. The fraction of sp³-hybridized carbons (Fsp3) is 0.348. The Labute approximate surface area is 179 Å². The van der Waals surface area contributed by atoms with Crippen molar-refractivity contribution >= 4 is 29.1 Å². The predicted molar refractivity (Wildman–Crippen MR) is 113 cm³/mol. The fourth-order valence-corrected chi connectivity index (χ4v) is 3.90. The molecule has 2 aliphatic rings. The Hall–Kier alpha value is -3.42. The van der Waals surface area contributed by atoms with E-state index in [2.05, 4.69) is 5.32 Å². The van der Waals surface area contributed by atoms with Gasteiger partial charge in [0.15, 0.2) is 6.61 Å². The monoisotopic (exact) mass is 425 g/mol. The lowest BCUT2D eigenvalue weighted by Crippen LogP contribution is -2.32. The van der Waals surface area contributed by atoms with Gasteiger partial charge in [-0.3, -0.25) is 14.4 Å². The molecule has 8 heteroatoms. The van der Waals surface area contributed by atoms with E-state index in [0.717, 1.165) is 25.9 Å². The Morgan fingerprint density at radius 1 is 1.10 bits per heavy atom. The summed E-state index contributed by atoms with van der Waals surface area (Å²) in [5.74, 6) is -1.27. The van der Waals surface area contributed by atoms with E-state index in [4.69, 9.17) is 4.74 Å². The molecule has 2 aliphatic heterocycles. The largest absolute Gasteiger partial charge is 0.484 e. The highest BCUT2D eigenvalue weighted by Gasteiger charge is 2.36. The topological polar surface area (TPSA) is 79.0 Å². The van der Waals surface area contributed by atoms with Gasteiger partial charge >= 0.3 is 0 Å². The third-order valence-corrected chi connectivity index (χ3v) is 5.56.